The minimum Gasteiger partial charge on any atom is -0.459 e. The third-order valence-corrected chi connectivity index (χ3v) is 3.87. The number of hydrogen-bond donors (Lipinski definition) is 1. The summed E-state index contributed by atoms with van der Waals surface area (Å²) in [5.74, 6) is 0.352. The standard InChI is InChI=1S/C15H24N2O3/c1-12-5-10-20-13(12)14(18)17-8-4-6-15(19,7-9-17)11-16(2)3/h5,10,19H,4,6-9,11H2,1-3H3/t15-/m0/s1. The molecule has 0 saturated carbocycles. The van der Waals surface area contributed by atoms with E-state index in [0.717, 1.165) is 18.4 Å². The quantitative estimate of drug-likeness (QED) is 0.912. The number of likely N-dealkylation sites (N-methyl/N-ethyl adjacent to an activating group) is 1. The van der Waals surface area contributed by atoms with Crippen LogP contribution in [-0.2, 0) is 0 Å². The average Bonchev–Trinajstić information content (AvgIpc) is 2.68. The predicted molar refractivity (Wildman–Crippen MR) is 76.7 cm³/mol. The first-order valence-electron chi connectivity index (χ1n) is 7.12. The molecule has 5 nitrogen and oxygen atoms in total. The van der Waals surface area contributed by atoms with E-state index in [2.05, 4.69) is 0 Å². The Labute approximate surface area is 120 Å². The van der Waals surface area contributed by atoms with Crippen molar-refractivity contribution in [1.29, 1.82) is 0 Å². The maximum atomic E-state index is 12.4. The van der Waals surface area contributed by atoms with Crippen LogP contribution in [-0.4, -0.2) is 60.1 Å². The molecule has 1 aromatic heterocycles. The highest BCUT2D eigenvalue weighted by atomic mass is 16.3. The van der Waals surface area contributed by atoms with Gasteiger partial charge in [-0.05, 0) is 46.3 Å². The number of amides is 1. The number of aryl methyl sites for hydroxylation is 1. The van der Waals surface area contributed by atoms with Crippen molar-refractivity contribution in [2.24, 2.45) is 0 Å². The van der Waals surface area contributed by atoms with E-state index in [1.165, 1.54) is 0 Å². The second-order valence-electron chi connectivity index (χ2n) is 6.04. The molecule has 20 heavy (non-hydrogen) atoms. The van der Waals surface area contributed by atoms with Gasteiger partial charge in [0, 0.05) is 25.2 Å². The summed E-state index contributed by atoms with van der Waals surface area (Å²) in [6.07, 6.45) is 3.70. The van der Waals surface area contributed by atoms with E-state index < -0.39 is 5.60 Å². The summed E-state index contributed by atoms with van der Waals surface area (Å²) in [5.41, 5.74) is 0.166. The summed E-state index contributed by atoms with van der Waals surface area (Å²) in [6, 6.07) is 1.80. The zero-order chi connectivity index (χ0) is 14.8. The Kier molecular flexibility index (Phi) is 4.50. The molecule has 0 radical (unpaired) electrons. The second kappa shape index (κ2) is 5.97. The highest BCUT2D eigenvalue weighted by Crippen LogP contribution is 2.24. The average molecular weight is 280 g/mol. The number of rotatable bonds is 3. The molecule has 1 amide bonds. The SMILES string of the molecule is Cc1ccoc1C(=O)N1CCC[C@@](O)(CN(C)C)CC1. The van der Waals surface area contributed by atoms with Crippen molar-refractivity contribution in [3.05, 3.63) is 23.7 Å². The molecule has 0 spiro atoms. The maximum absolute atomic E-state index is 12.4. The van der Waals surface area contributed by atoms with E-state index in [-0.39, 0.29) is 5.91 Å². The minimum atomic E-state index is -0.698. The van der Waals surface area contributed by atoms with Crippen molar-refractivity contribution in [1.82, 2.24) is 9.80 Å². The Morgan fingerprint density at radius 3 is 2.80 bits per heavy atom. The summed E-state index contributed by atoms with van der Waals surface area (Å²) in [7, 11) is 3.91. The number of hydrogen-bond acceptors (Lipinski definition) is 4. The van der Waals surface area contributed by atoms with Gasteiger partial charge in [-0.3, -0.25) is 4.79 Å². The minimum absolute atomic E-state index is 0.0680. The van der Waals surface area contributed by atoms with Crippen molar-refractivity contribution in [2.75, 3.05) is 33.7 Å². The lowest BCUT2D eigenvalue weighted by Crippen LogP contribution is -2.41. The molecule has 0 aliphatic carbocycles. The van der Waals surface area contributed by atoms with Gasteiger partial charge < -0.3 is 19.3 Å². The third kappa shape index (κ3) is 3.41. The largest absolute Gasteiger partial charge is 0.459 e. The molecule has 1 N–H and O–H groups in total. The van der Waals surface area contributed by atoms with E-state index in [0.29, 0.717) is 31.8 Å². The zero-order valence-corrected chi connectivity index (χ0v) is 12.6. The van der Waals surface area contributed by atoms with Crippen LogP contribution in [0.15, 0.2) is 16.7 Å². The molecule has 1 aromatic rings. The van der Waals surface area contributed by atoms with Crippen LogP contribution in [0, 0.1) is 6.92 Å². The zero-order valence-electron chi connectivity index (χ0n) is 12.6. The molecule has 1 fully saturated rings. The van der Waals surface area contributed by atoms with Gasteiger partial charge in [-0.1, -0.05) is 0 Å². The molecular formula is C15H24N2O3. The summed E-state index contributed by atoms with van der Waals surface area (Å²) in [5, 5.41) is 10.6. The van der Waals surface area contributed by atoms with Gasteiger partial charge in [-0.25, -0.2) is 0 Å². The Hall–Kier alpha value is -1.33. The highest BCUT2D eigenvalue weighted by Gasteiger charge is 2.32. The lowest BCUT2D eigenvalue weighted by Gasteiger charge is -2.29. The van der Waals surface area contributed by atoms with Crippen molar-refractivity contribution in [3.63, 3.8) is 0 Å². The molecule has 1 atom stereocenters. The van der Waals surface area contributed by atoms with E-state index >= 15 is 0 Å². The molecule has 2 rings (SSSR count). The van der Waals surface area contributed by atoms with E-state index in [1.54, 1.807) is 17.2 Å². The fraction of sp³-hybridized carbons (Fsp3) is 0.667. The van der Waals surface area contributed by atoms with Gasteiger partial charge in [0.1, 0.15) is 0 Å². The molecule has 0 aromatic carbocycles. The van der Waals surface area contributed by atoms with Crippen molar-refractivity contribution < 1.29 is 14.3 Å². The Bertz CT molecular complexity index is 469. The molecule has 2 heterocycles. The van der Waals surface area contributed by atoms with Crippen molar-refractivity contribution in [3.8, 4) is 0 Å². The van der Waals surface area contributed by atoms with Gasteiger partial charge in [-0.15, -0.1) is 0 Å². The Morgan fingerprint density at radius 1 is 1.45 bits per heavy atom. The van der Waals surface area contributed by atoms with Crippen LogP contribution in [0.25, 0.3) is 0 Å². The Morgan fingerprint density at radius 2 is 2.20 bits per heavy atom. The van der Waals surface area contributed by atoms with E-state index in [9.17, 15) is 9.90 Å². The van der Waals surface area contributed by atoms with Crippen LogP contribution < -0.4 is 0 Å². The number of likely N-dealkylation sites (tertiary alicyclic amines) is 1. The van der Waals surface area contributed by atoms with Crippen LogP contribution in [0.4, 0.5) is 0 Å². The molecule has 112 valence electrons. The molecule has 1 saturated heterocycles. The topological polar surface area (TPSA) is 56.9 Å². The first-order valence-corrected chi connectivity index (χ1v) is 7.12. The first-order chi connectivity index (χ1) is 9.41. The molecular weight excluding hydrogens is 256 g/mol. The smallest absolute Gasteiger partial charge is 0.289 e. The Balaban J connectivity index is 2.03. The second-order valence-corrected chi connectivity index (χ2v) is 6.04. The van der Waals surface area contributed by atoms with E-state index in [4.69, 9.17) is 4.42 Å². The van der Waals surface area contributed by atoms with Crippen molar-refractivity contribution >= 4 is 5.91 Å². The summed E-state index contributed by atoms with van der Waals surface area (Å²) >= 11 is 0. The summed E-state index contributed by atoms with van der Waals surface area (Å²) in [6.45, 7) is 3.75. The normalized spacial score (nSPS) is 23.9. The number of carbonyl (C=O) groups is 1. The first kappa shape index (κ1) is 15.1. The van der Waals surface area contributed by atoms with Crippen molar-refractivity contribution in [2.45, 2.75) is 31.8 Å². The molecule has 1 aliphatic rings. The van der Waals surface area contributed by atoms with Crippen LogP contribution in [0.3, 0.4) is 0 Å². The molecule has 0 unspecified atom stereocenters. The van der Waals surface area contributed by atoms with Gasteiger partial charge in [0.25, 0.3) is 5.91 Å². The van der Waals surface area contributed by atoms with E-state index in [1.807, 2.05) is 25.9 Å². The van der Waals surface area contributed by atoms with Gasteiger partial charge in [0.05, 0.1) is 11.9 Å². The number of aliphatic hydroxyl groups is 1. The van der Waals surface area contributed by atoms with Crippen LogP contribution in [0.2, 0.25) is 0 Å². The van der Waals surface area contributed by atoms with Gasteiger partial charge in [0.15, 0.2) is 5.76 Å². The summed E-state index contributed by atoms with van der Waals surface area (Å²) < 4.78 is 5.27. The molecule has 5 heteroatoms. The predicted octanol–water partition coefficient (Wildman–Crippen LogP) is 1.51. The van der Waals surface area contributed by atoms with Crippen LogP contribution in [0.5, 0.6) is 0 Å². The maximum Gasteiger partial charge on any atom is 0.289 e. The van der Waals surface area contributed by atoms with Crippen LogP contribution >= 0.6 is 0 Å². The lowest BCUT2D eigenvalue weighted by atomic mass is 9.94. The molecule has 1 aliphatic heterocycles. The van der Waals surface area contributed by atoms with Gasteiger partial charge in [-0.2, -0.15) is 0 Å². The number of furan rings is 1. The lowest BCUT2D eigenvalue weighted by molar-refractivity contribution is 0.00296. The number of nitrogens with zero attached hydrogens (tertiary/aromatic N) is 2. The summed E-state index contributed by atoms with van der Waals surface area (Å²) in [4.78, 5) is 16.2. The third-order valence-electron chi connectivity index (χ3n) is 3.87. The van der Waals surface area contributed by atoms with Gasteiger partial charge in [0.2, 0.25) is 0 Å². The fourth-order valence-corrected chi connectivity index (χ4v) is 2.86. The fourth-order valence-electron chi connectivity index (χ4n) is 2.86. The number of carbonyl (C=O) groups excluding carboxylic acids is 1. The monoisotopic (exact) mass is 280 g/mol. The molecule has 0 bridgehead atoms. The van der Waals surface area contributed by atoms with Gasteiger partial charge >= 0.3 is 0 Å². The van der Waals surface area contributed by atoms with Crippen LogP contribution in [0.1, 0.15) is 35.4 Å². The highest BCUT2D eigenvalue weighted by molar-refractivity contribution is 5.92.